The molecule has 3 rings (SSSR count). The van der Waals surface area contributed by atoms with Crippen molar-refractivity contribution in [1.82, 2.24) is 4.98 Å². The molecular formula is C21H14F7N3O3S. The minimum Gasteiger partial charge on any atom is -0.322 e. The molecule has 0 spiro atoms. The van der Waals surface area contributed by atoms with Crippen LogP contribution in [0, 0.1) is 5.95 Å². The predicted molar refractivity (Wildman–Crippen MR) is 112 cm³/mol. The Labute approximate surface area is 193 Å². The maximum absolute atomic E-state index is 14.1. The van der Waals surface area contributed by atoms with Crippen molar-refractivity contribution in [3.8, 4) is 11.1 Å². The molecule has 0 aliphatic rings. The minimum atomic E-state index is -5.15. The van der Waals surface area contributed by atoms with E-state index in [1.54, 1.807) is 0 Å². The molecular weight excluding hydrogens is 507 g/mol. The Morgan fingerprint density at radius 2 is 1.51 bits per heavy atom. The smallest absolute Gasteiger partial charge is 0.322 e. The monoisotopic (exact) mass is 521 g/mol. The van der Waals surface area contributed by atoms with E-state index in [9.17, 15) is 43.9 Å². The Morgan fingerprint density at radius 1 is 0.914 bits per heavy atom. The predicted octanol–water partition coefficient (Wildman–Crippen LogP) is 5.55. The number of sulfonamides is 1. The first kappa shape index (κ1) is 25.9. The maximum atomic E-state index is 14.1. The van der Waals surface area contributed by atoms with Crippen LogP contribution < -0.4 is 10.0 Å². The first-order valence-corrected chi connectivity index (χ1v) is 11.3. The van der Waals surface area contributed by atoms with Crippen LogP contribution in [0.2, 0.25) is 0 Å². The second-order valence-electron chi connectivity index (χ2n) is 7.23. The standard InChI is InChI=1S/C21H14F7N3O3S/c1-35(33,34)31-17-5-4-11(15-3-2-6-29-18(15)22)7-16(17)19(32)30-14-9-12(20(23,24)25)8-13(10-14)21(26,27)28/h2-10,31H,1H3,(H,30,32). The van der Waals surface area contributed by atoms with Crippen LogP contribution in [0.1, 0.15) is 21.5 Å². The van der Waals surface area contributed by atoms with E-state index in [0.29, 0.717) is 12.1 Å². The lowest BCUT2D eigenvalue weighted by Gasteiger charge is -2.16. The fourth-order valence-electron chi connectivity index (χ4n) is 3.02. The van der Waals surface area contributed by atoms with Crippen molar-refractivity contribution >= 4 is 27.3 Å². The normalized spacial score (nSPS) is 12.3. The summed E-state index contributed by atoms with van der Waals surface area (Å²) >= 11 is 0. The number of carbonyl (C=O) groups is 1. The number of alkyl halides is 6. The third kappa shape index (κ3) is 6.47. The highest BCUT2D eigenvalue weighted by Gasteiger charge is 2.37. The van der Waals surface area contributed by atoms with Crippen LogP contribution in [0.15, 0.2) is 54.7 Å². The molecule has 0 aliphatic heterocycles. The largest absolute Gasteiger partial charge is 0.416 e. The zero-order valence-electron chi connectivity index (χ0n) is 17.4. The Bertz CT molecular complexity index is 1360. The molecule has 3 aromatic rings. The maximum Gasteiger partial charge on any atom is 0.416 e. The third-order valence-corrected chi connectivity index (χ3v) is 5.07. The van der Waals surface area contributed by atoms with Gasteiger partial charge in [-0.3, -0.25) is 9.52 Å². The van der Waals surface area contributed by atoms with E-state index in [1.165, 1.54) is 18.2 Å². The summed E-state index contributed by atoms with van der Waals surface area (Å²) < 4.78 is 118. The highest BCUT2D eigenvalue weighted by molar-refractivity contribution is 7.92. The molecule has 0 atom stereocenters. The Hall–Kier alpha value is -3.68. The van der Waals surface area contributed by atoms with Crippen molar-refractivity contribution < 1.29 is 43.9 Å². The van der Waals surface area contributed by atoms with Crippen molar-refractivity contribution in [2.75, 3.05) is 16.3 Å². The van der Waals surface area contributed by atoms with Gasteiger partial charge in [0.15, 0.2) is 0 Å². The van der Waals surface area contributed by atoms with Gasteiger partial charge in [0, 0.05) is 17.4 Å². The van der Waals surface area contributed by atoms with Gasteiger partial charge in [-0.05, 0) is 48.0 Å². The molecule has 186 valence electrons. The van der Waals surface area contributed by atoms with Crippen molar-refractivity contribution in [2.45, 2.75) is 12.4 Å². The second-order valence-corrected chi connectivity index (χ2v) is 8.97. The van der Waals surface area contributed by atoms with Crippen LogP contribution in [0.5, 0.6) is 0 Å². The number of carbonyl (C=O) groups excluding carboxylic acids is 1. The van der Waals surface area contributed by atoms with E-state index in [-0.39, 0.29) is 22.9 Å². The van der Waals surface area contributed by atoms with Gasteiger partial charge in [0.05, 0.1) is 28.6 Å². The summed E-state index contributed by atoms with van der Waals surface area (Å²) in [6.45, 7) is 0. The molecule has 2 N–H and O–H groups in total. The van der Waals surface area contributed by atoms with Crippen LogP contribution in [-0.4, -0.2) is 25.6 Å². The molecule has 1 amide bonds. The number of rotatable bonds is 5. The van der Waals surface area contributed by atoms with E-state index < -0.39 is 56.6 Å². The number of halogens is 7. The van der Waals surface area contributed by atoms with Gasteiger partial charge in [-0.1, -0.05) is 6.07 Å². The number of nitrogens with one attached hydrogen (secondary N) is 2. The third-order valence-electron chi connectivity index (χ3n) is 4.48. The highest BCUT2D eigenvalue weighted by atomic mass is 32.2. The fourth-order valence-corrected chi connectivity index (χ4v) is 3.59. The Kier molecular flexibility index (Phi) is 6.79. The number of hydrogen-bond donors (Lipinski definition) is 2. The second kappa shape index (κ2) is 9.17. The van der Waals surface area contributed by atoms with E-state index in [4.69, 9.17) is 0 Å². The number of nitrogens with zero attached hydrogens (tertiary/aromatic N) is 1. The van der Waals surface area contributed by atoms with Gasteiger partial charge in [-0.15, -0.1) is 0 Å². The summed E-state index contributed by atoms with van der Waals surface area (Å²) in [4.78, 5) is 16.3. The summed E-state index contributed by atoms with van der Waals surface area (Å²) in [6.07, 6.45) is -8.40. The van der Waals surface area contributed by atoms with Crippen LogP contribution in [0.25, 0.3) is 11.1 Å². The van der Waals surface area contributed by atoms with E-state index >= 15 is 0 Å². The lowest BCUT2D eigenvalue weighted by Crippen LogP contribution is -2.19. The number of pyridine rings is 1. The Morgan fingerprint density at radius 3 is 2.03 bits per heavy atom. The molecule has 6 nitrogen and oxygen atoms in total. The first-order valence-electron chi connectivity index (χ1n) is 9.38. The van der Waals surface area contributed by atoms with Crippen LogP contribution in [0.4, 0.5) is 42.1 Å². The molecule has 0 radical (unpaired) electrons. The molecule has 1 heterocycles. The van der Waals surface area contributed by atoms with Crippen LogP contribution >= 0.6 is 0 Å². The quantitative estimate of drug-likeness (QED) is 0.341. The van der Waals surface area contributed by atoms with Crippen LogP contribution in [0.3, 0.4) is 0 Å². The zero-order chi connectivity index (χ0) is 26.2. The van der Waals surface area contributed by atoms with Gasteiger partial charge in [-0.2, -0.15) is 30.7 Å². The average molecular weight is 521 g/mol. The number of anilines is 2. The number of hydrogen-bond acceptors (Lipinski definition) is 4. The van der Waals surface area contributed by atoms with Gasteiger partial charge >= 0.3 is 12.4 Å². The van der Waals surface area contributed by atoms with Crippen molar-refractivity contribution in [2.24, 2.45) is 0 Å². The van der Waals surface area contributed by atoms with Gasteiger partial charge < -0.3 is 5.32 Å². The summed E-state index contributed by atoms with van der Waals surface area (Å²) in [5, 5.41) is 1.92. The average Bonchev–Trinajstić information content (AvgIpc) is 2.72. The molecule has 1 aromatic heterocycles. The molecule has 14 heteroatoms. The molecule has 0 fully saturated rings. The van der Waals surface area contributed by atoms with E-state index in [0.717, 1.165) is 24.6 Å². The SMILES string of the molecule is CS(=O)(=O)Nc1ccc(-c2cccnc2F)cc1C(=O)Nc1cc(C(F)(F)F)cc(C(F)(F)F)c1. The lowest BCUT2D eigenvalue weighted by atomic mass is 10.0. The molecule has 0 aliphatic carbocycles. The van der Waals surface area contributed by atoms with Gasteiger partial charge in [0.2, 0.25) is 16.0 Å². The summed E-state index contributed by atoms with van der Waals surface area (Å²) in [6, 6.07) is 6.50. The van der Waals surface area contributed by atoms with Crippen molar-refractivity contribution in [1.29, 1.82) is 0 Å². The number of benzene rings is 2. The number of amides is 1. The van der Waals surface area contributed by atoms with Gasteiger partial charge in [0.1, 0.15) is 0 Å². The fraction of sp³-hybridized carbons (Fsp3) is 0.143. The van der Waals surface area contributed by atoms with Crippen molar-refractivity contribution in [3.63, 3.8) is 0 Å². The zero-order valence-corrected chi connectivity index (χ0v) is 18.2. The van der Waals surface area contributed by atoms with Crippen LogP contribution in [-0.2, 0) is 22.4 Å². The molecule has 0 unspecified atom stereocenters. The molecule has 0 saturated heterocycles. The number of aromatic nitrogens is 1. The topological polar surface area (TPSA) is 88.2 Å². The summed E-state index contributed by atoms with van der Waals surface area (Å²) in [7, 11) is -3.96. The van der Waals surface area contributed by atoms with E-state index in [1.807, 2.05) is 10.0 Å². The lowest BCUT2D eigenvalue weighted by molar-refractivity contribution is -0.143. The minimum absolute atomic E-state index is 0.0415. The molecule has 2 aromatic carbocycles. The molecule has 0 bridgehead atoms. The summed E-state index contributed by atoms with van der Waals surface area (Å²) in [5.74, 6) is -2.19. The summed E-state index contributed by atoms with van der Waals surface area (Å²) in [5.41, 5.74) is -5.07. The molecule has 35 heavy (non-hydrogen) atoms. The van der Waals surface area contributed by atoms with Gasteiger partial charge in [-0.25, -0.2) is 13.4 Å². The molecule has 0 saturated carbocycles. The van der Waals surface area contributed by atoms with E-state index in [2.05, 4.69) is 4.98 Å². The Balaban J connectivity index is 2.11. The van der Waals surface area contributed by atoms with Gasteiger partial charge in [0.25, 0.3) is 5.91 Å². The highest BCUT2D eigenvalue weighted by Crippen LogP contribution is 2.38. The first-order chi connectivity index (χ1) is 16.0. The van der Waals surface area contributed by atoms with Crippen molar-refractivity contribution in [3.05, 3.63) is 77.4 Å².